The van der Waals surface area contributed by atoms with Crippen molar-refractivity contribution in [1.82, 2.24) is 5.32 Å². The second kappa shape index (κ2) is 7.77. The Morgan fingerprint density at radius 2 is 2.19 bits per heavy atom. The third-order valence-electron chi connectivity index (χ3n) is 3.54. The van der Waals surface area contributed by atoms with E-state index in [4.69, 9.17) is 9.47 Å². The van der Waals surface area contributed by atoms with E-state index < -0.39 is 9.84 Å². The van der Waals surface area contributed by atoms with E-state index in [0.29, 0.717) is 24.7 Å². The molecule has 1 atom stereocenters. The molecule has 1 saturated heterocycles. The van der Waals surface area contributed by atoms with Crippen LogP contribution in [0.1, 0.15) is 12.0 Å². The van der Waals surface area contributed by atoms with Gasteiger partial charge < -0.3 is 14.8 Å². The topological polar surface area (TPSA) is 64.6 Å². The lowest BCUT2D eigenvalue weighted by molar-refractivity contribution is 0.146. The molecule has 0 saturated carbocycles. The van der Waals surface area contributed by atoms with Crippen molar-refractivity contribution in [3.05, 3.63) is 29.8 Å². The van der Waals surface area contributed by atoms with Crippen molar-refractivity contribution in [3.63, 3.8) is 0 Å². The smallest absolute Gasteiger partial charge is 0.150 e. The second-order valence-electron chi connectivity index (χ2n) is 5.39. The Balaban J connectivity index is 1.74. The van der Waals surface area contributed by atoms with Gasteiger partial charge in [-0.1, -0.05) is 12.1 Å². The molecule has 21 heavy (non-hydrogen) atoms. The normalized spacial score (nSPS) is 20.5. The van der Waals surface area contributed by atoms with Crippen LogP contribution in [-0.2, 0) is 21.1 Å². The molecule has 1 unspecified atom stereocenters. The Morgan fingerprint density at radius 1 is 1.33 bits per heavy atom. The Hall–Kier alpha value is -1.11. The zero-order valence-corrected chi connectivity index (χ0v) is 13.2. The summed E-state index contributed by atoms with van der Waals surface area (Å²) < 4.78 is 33.3. The Labute approximate surface area is 126 Å². The van der Waals surface area contributed by atoms with Crippen molar-refractivity contribution < 1.29 is 17.9 Å². The molecule has 1 aromatic rings. The van der Waals surface area contributed by atoms with E-state index in [1.807, 2.05) is 24.3 Å². The SMILES string of the molecule is COCCOc1cccc(CNCC2CCS(=O)(=O)C2)c1. The van der Waals surface area contributed by atoms with Gasteiger partial charge in [0.1, 0.15) is 12.4 Å². The molecule has 5 nitrogen and oxygen atoms in total. The zero-order valence-electron chi connectivity index (χ0n) is 12.4. The molecule has 1 heterocycles. The maximum atomic E-state index is 11.4. The highest BCUT2D eigenvalue weighted by Gasteiger charge is 2.27. The molecule has 1 aliphatic rings. The van der Waals surface area contributed by atoms with E-state index in [1.54, 1.807) is 7.11 Å². The highest BCUT2D eigenvalue weighted by Crippen LogP contribution is 2.18. The third kappa shape index (κ3) is 5.65. The monoisotopic (exact) mass is 313 g/mol. The number of hydrogen-bond acceptors (Lipinski definition) is 5. The molecule has 0 aliphatic carbocycles. The predicted molar refractivity (Wildman–Crippen MR) is 82.3 cm³/mol. The van der Waals surface area contributed by atoms with Crippen LogP contribution in [0, 0.1) is 5.92 Å². The predicted octanol–water partition coefficient (Wildman–Crippen LogP) is 1.24. The average molecular weight is 313 g/mol. The zero-order chi connectivity index (χ0) is 15.1. The summed E-state index contributed by atoms with van der Waals surface area (Å²) >= 11 is 0. The molecule has 0 amide bonds. The van der Waals surface area contributed by atoms with Crippen LogP contribution < -0.4 is 10.1 Å². The van der Waals surface area contributed by atoms with Gasteiger partial charge in [-0.15, -0.1) is 0 Å². The molecular weight excluding hydrogens is 290 g/mol. The van der Waals surface area contributed by atoms with Crippen LogP contribution >= 0.6 is 0 Å². The van der Waals surface area contributed by atoms with Gasteiger partial charge in [0.25, 0.3) is 0 Å². The van der Waals surface area contributed by atoms with E-state index in [1.165, 1.54) is 0 Å². The van der Waals surface area contributed by atoms with Gasteiger partial charge in [-0.2, -0.15) is 0 Å². The van der Waals surface area contributed by atoms with Gasteiger partial charge in [0, 0.05) is 13.7 Å². The van der Waals surface area contributed by atoms with Gasteiger partial charge in [0.15, 0.2) is 9.84 Å². The highest BCUT2D eigenvalue weighted by atomic mass is 32.2. The van der Waals surface area contributed by atoms with E-state index in [-0.39, 0.29) is 5.92 Å². The molecule has 0 radical (unpaired) electrons. The van der Waals surface area contributed by atoms with Crippen molar-refractivity contribution in [2.75, 3.05) is 38.4 Å². The quantitative estimate of drug-likeness (QED) is 0.732. The molecule has 1 fully saturated rings. The lowest BCUT2D eigenvalue weighted by Crippen LogP contribution is -2.23. The van der Waals surface area contributed by atoms with Crippen molar-refractivity contribution in [3.8, 4) is 5.75 Å². The summed E-state index contributed by atoms with van der Waals surface area (Å²) in [6.07, 6.45) is 0.773. The number of hydrogen-bond donors (Lipinski definition) is 1. The standard InChI is InChI=1S/C15H23NO4S/c1-19-6-7-20-15-4-2-3-13(9-15)10-16-11-14-5-8-21(17,18)12-14/h2-4,9,14,16H,5-8,10-12H2,1H3. The first-order chi connectivity index (χ1) is 10.1. The van der Waals surface area contributed by atoms with Crippen LogP contribution in [0.2, 0.25) is 0 Å². The van der Waals surface area contributed by atoms with E-state index in [2.05, 4.69) is 5.32 Å². The molecule has 1 aromatic carbocycles. The van der Waals surface area contributed by atoms with Crippen LogP contribution in [0.15, 0.2) is 24.3 Å². The fourth-order valence-electron chi connectivity index (χ4n) is 2.44. The van der Waals surface area contributed by atoms with Crippen molar-refractivity contribution in [1.29, 1.82) is 0 Å². The Morgan fingerprint density at radius 3 is 2.90 bits per heavy atom. The van der Waals surface area contributed by atoms with Crippen LogP contribution in [-0.4, -0.2) is 46.8 Å². The summed E-state index contributed by atoms with van der Waals surface area (Å²) in [5.74, 6) is 1.73. The summed E-state index contributed by atoms with van der Waals surface area (Å²) in [4.78, 5) is 0. The number of ether oxygens (including phenoxy) is 2. The first-order valence-corrected chi connectivity index (χ1v) is 9.03. The Kier molecular flexibility index (Phi) is 6.02. The molecule has 1 N–H and O–H groups in total. The maximum Gasteiger partial charge on any atom is 0.150 e. The molecule has 118 valence electrons. The van der Waals surface area contributed by atoms with Gasteiger partial charge in [-0.25, -0.2) is 8.42 Å². The van der Waals surface area contributed by atoms with Crippen molar-refractivity contribution >= 4 is 9.84 Å². The van der Waals surface area contributed by atoms with Crippen LogP contribution in [0.5, 0.6) is 5.75 Å². The number of rotatable bonds is 8. The number of benzene rings is 1. The van der Waals surface area contributed by atoms with Crippen molar-refractivity contribution in [2.24, 2.45) is 5.92 Å². The molecule has 2 rings (SSSR count). The lowest BCUT2D eigenvalue weighted by atomic mass is 10.1. The number of nitrogens with one attached hydrogen (secondary N) is 1. The Bertz CT molecular complexity index is 544. The van der Waals surface area contributed by atoms with Crippen LogP contribution in [0.3, 0.4) is 0 Å². The fourth-order valence-corrected chi connectivity index (χ4v) is 4.30. The molecule has 0 bridgehead atoms. The van der Waals surface area contributed by atoms with Gasteiger partial charge in [-0.3, -0.25) is 0 Å². The van der Waals surface area contributed by atoms with Gasteiger partial charge >= 0.3 is 0 Å². The van der Waals surface area contributed by atoms with E-state index in [0.717, 1.165) is 30.8 Å². The van der Waals surface area contributed by atoms with Crippen LogP contribution in [0.4, 0.5) is 0 Å². The molecule has 6 heteroatoms. The molecule has 0 spiro atoms. The largest absolute Gasteiger partial charge is 0.491 e. The maximum absolute atomic E-state index is 11.4. The van der Waals surface area contributed by atoms with E-state index >= 15 is 0 Å². The summed E-state index contributed by atoms with van der Waals surface area (Å²) in [6.45, 7) is 2.57. The van der Waals surface area contributed by atoms with E-state index in [9.17, 15) is 8.42 Å². The lowest BCUT2D eigenvalue weighted by Gasteiger charge is -2.11. The third-order valence-corrected chi connectivity index (χ3v) is 5.38. The highest BCUT2D eigenvalue weighted by molar-refractivity contribution is 7.91. The minimum atomic E-state index is -2.78. The second-order valence-corrected chi connectivity index (χ2v) is 7.62. The molecule has 1 aliphatic heterocycles. The fraction of sp³-hybridized carbons (Fsp3) is 0.600. The minimum absolute atomic E-state index is 0.246. The molecular formula is C15H23NO4S. The first-order valence-electron chi connectivity index (χ1n) is 7.21. The first kappa shape index (κ1) is 16.3. The minimum Gasteiger partial charge on any atom is -0.491 e. The van der Waals surface area contributed by atoms with Gasteiger partial charge in [-0.05, 0) is 36.6 Å². The number of methoxy groups -OCH3 is 1. The molecule has 0 aromatic heterocycles. The summed E-state index contributed by atoms with van der Waals surface area (Å²) in [6, 6.07) is 7.90. The average Bonchev–Trinajstić information content (AvgIpc) is 2.79. The summed E-state index contributed by atoms with van der Waals surface area (Å²) in [5, 5.41) is 3.33. The summed E-state index contributed by atoms with van der Waals surface area (Å²) in [7, 11) is -1.14. The van der Waals surface area contributed by atoms with Crippen LogP contribution in [0.25, 0.3) is 0 Å². The van der Waals surface area contributed by atoms with Crippen molar-refractivity contribution in [2.45, 2.75) is 13.0 Å². The van der Waals surface area contributed by atoms with Gasteiger partial charge in [0.05, 0.1) is 18.1 Å². The number of sulfone groups is 1. The summed E-state index contributed by atoms with van der Waals surface area (Å²) in [5.41, 5.74) is 1.13. The van der Waals surface area contributed by atoms with Gasteiger partial charge in [0.2, 0.25) is 0 Å².